The van der Waals surface area contributed by atoms with Crippen LogP contribution in [-0.2, 0) is 14.2 Å². The first kappa shape index (κ1) is 14.6. The highest BCUT2D eigenvalue weighted by atomic mass is 16.6. The van der Waals surface area contributed by atoms with Crippen LogP contribution in [0.25, 0.3) is 0 Å². The lowest BCUT2D eigenvalue weighted by Crippen LogP contribution is -2.57. The van der Waals surface area contributed by atoms with Gasteiger partial charge in [0, 0.05) is 13.1 Å². The quantitative estimate of drug-likeness (QED) is 0.758. The van der Waals surface area contributed by atoms with Crippen LogP contribution in [0.4, 0.5) is 4.79 Å². The summed E-state index contributed by atoms with van der Waals surface area (Å²) in [4.78, 5) is 13.8. The van der Waals surface area contributed by atoms with Crippen LogP contribution in [0.15, 0.2) is 0 Å². The highest BCUT2D eigenvalue weighted by Gasteiger charge is 2.33. The van der Waals surface area contributed by atoms with E-state index in [9.17, 15) is 4.79 Å². The van der Waals surface area contributed by atoms with Crippen molar-refractivity contribution in [3.63, 3.8) is 0 Å². The number of carbonyl (C=O) groups excluding carboxylic acids is 1. The van der Waals surface area contributed by atoms with Crippen LogP contribution in [0.5, 0.6) is 0 Å². The van der Waals surface area contributed by atoms with Gasteiger partial charge in [-0.15, -0.1) is 0 Å². The van der Waals surface area contributed by atoms with Crippen LogP contribution < -0.4 is 5.32 Å². The molecule has 6 heteroatoms. The summed E-state index contributed by atoms with van der Waals surface area (Å²) in [6, 6.07) is 0.152. The number of amides is 1. The van der Waals surface area contributed by atoms with Crippen molar-refractivity contribution < 1.29 is 19.0 Å². The first-order chi connectivity index (χ1) is 8.96. The van der Waals surface area contributed by atoms with Gasteiger partial charge in [-0.3, -0.25) is 0 Å². The van der Waals surface area contributed by atoms with Crippen LogP contribution in [0.1, 0.15) is 20.8 Å². The summed E-state index contributed by atoms with van der Waals surface area (Å²) in [5.74, 6) is 0. The molecular weight excluding hydrogens is 248 g/mol. The Labute approximate surface area is 114 Å². The number of morpholine rings is 2. The second kappa shape index (κ2) is 6.07. The third kappa shape index (κ3) is 4.33. The van der Waals surface area contributed by atoms with Gasteiger partial charge in [0.05, 0.1) is 38.5 Å². The van der Waals surface area contributed by atoms with Gasteiger partial charge in [0.25, 0.3) is 0 Å². The van der Waals surface area contributed by atoms with Crippen molar-refractivity contribution in [2.75, 3.05) is 39.5 Å². The first-order valence-corrected chi connectivity index (χ1v) is 6.86. The zero-order chi connectivity index (χ0) is 13.9. The van der Waals surface area contributed by atoms with Crippen LogP contribution in [0.3, 0.4) is 0 Å². The smallest absolute Gasteiger partial charge is 0.410 e. The van der Waals surface area contributed by atoms with E-state index in [4.69, 9.17) is 14.2 Å². The van der Waals surface area contributed by atoms with E-state index in [-0.39, 0.29) is 18.2 Å². The Bertz CT molecular complexity index is 310. The molecule has 2 aliphatic heterocycles. The number of hydrogen-bond donors (Lipinski definition) is 1. The van der Waals surface area contributed by atoms with E-state index in [1.165, 1.54) is 0 Å². The molecule has 110 valence electrons. The largest absolute Gasteiger partial charge is 0.444 e. The monoisotopic (exact) mass is 272 g/mol. The summed E-state index contributed by atoms with van der Waals surface area (Å²) in [6.45, 7) is 9.50. The molecule has 2 unspecified atom stereocenters. The summed E-state index contributed by atoms with van der Waals surface area (Å²) in [7, 11) is 0. The fraction of sp³-hybridized carbons (Fsp3) is 0.923. The Morgan fingerprint density at radius 3 is 2.79 bits per heavy atom. The van der Waals surface area contributed by atoms with Crippen LogP contribution in [0.2, 0.25) is 0 Å². The molecule has 0 aromatic rings. The second-order valence-electron chi connectivity index (χ2n) is 5.97. The van der Waals surface area contributed by atoms with Gasteiger partial charge >= 0.3 is 6.09 Å². The summed E-state index contributed by atoms with van der Waals surface area (Å²) in [5, 5.41) is 3.37. The fourth-order valence-electron chi connectivity index (χ4n) is 2.24. The zero-order valence-corrected chi connectivity index (χ0v) is 12.0. The van der Waals surface area contributed by atoms with Crippen LogP contribution >= 0.6 is 0 Å². The van der Waals surface area contributed by atoms with Gasteiger partial charge in [-0.25, -0.2) is 4.79 Å². The van der Waals surface area contributed by atoms with Gasteiger partial charge in [-0.2, -0.15) is 0 Å². The normalized spacial score (nSPS) is 29.1. The molecule has 2 atom stereocenters. The average Bonchev–Trinajstić information content (AvgIpc) is 2.38. The third-order valence-electron chi connectivity index (χ3n) is 3.14. The minimum atomic E-state index is -0.461. The van der Waals surface area contributed by atoms with Crippen molar-refractivity contribution in [2.45, 2.75) is 38.5 Å². The van der Waals surface area contributed by atoms with Gasteiger partial charge in [-0.1, -0.05) is 0 Å². The minimum Gasteiger partial charge on any atom is -0.444 e. The Morgan fingerprint density at radius 1 is 1.37 bits per heavy atom. The van der Waals surface area contributed by atoms with Crippen LogP contribution in [-0.4, -0.2) is 68.2 Å². The van der Waals surface area contributed by atoms with Gasteiger partial charge in [0.2, 0.25) is 0 Å². The second-order valence-corrected chi connectivity index (χ2v) is 5.97. The number of nitrogens with one attached hydrogen (secondary N) is 1. The Hall–Kier alpha value is -0.850. The lowest BCUT2D eigenvalue weighted by atomic mass is 10.1. The molecule has 6 nitrogen and oxygen atoms in total. The van der Waals surface area contributed by atoms with Gasteiger partial charge < -0.3 is 24.4 Å². The summed E-state index contributed by atoms with van der Waals surface area (Å²) >= 11 is 0. The van der Waals surface area contributed by atoms with E-state index in [0.717, 1.165) is 13.2 Å². The van der Waals surface area contributed by atoms with Crippen molar-refractivity contribution >= 4 is 6.09 Å². The van der Waals surface area contributed by atoms with E-state index < -0.39 is 5.60 Å². The molecular formula is C13H24N2O4. The lowest BCUT2D eigenvalue weighted by molar-refractivity contribution is -0.0746. The molecule has 0 aromatic heterocycles. The van der Waals surface area contributed by atoms with Crippen molar-refractivity contribution in [3.8, 4) is 0 Å². The molecule has 2 saturated heterocycles. The predicted molar refractivity (Wildman–Crippen MR) is 70.2 cm³/mol. The maximum absolute atomic E-state index is 12.0. The van der Waals surface area contributed by atoms with Crippen molar-refractivity contribution in [1.29, 1.82) is 0 Å². The summed E-state index contributed by atoms with van der Waals surface area (Å²) in [5.41, 5.74) is -0.461. The van der Waals surface area contributed by atoms with Gasteiger partial charge in [0.15, 0.2) is 0 Å². The maximum atomic E-state index is 12.0. The van der Waals surface area contributed by atoms with Crippen molar-refractivity contribution in [2.24, 2.45) is 0 Å². The fourth-order valence-corrected chi connectivity index (χ4v) is 2.24. The molecule has 1 amide bonds. The zero-order valence-electron chi connectivity index (χ0n) is 12.0. The Morgan fingerprint density at radius 2 is 2.16 bits per heavy atom. The molecule has 0 bridgehead atoms. The van der Waals surface area contributed by atoms with E-state index in [1.54, 1.807) is 4.90 Å². The van der Waals surface area contributed by atoms with E-state index in [2.05, 4.69) is 5.32 Å². The van der Waals surface area contributed by atoms with E-state index >= 15 is 0 Å². The molecule has 2 fully saturated rings. The van der Waals surface area contributed by atoms with E-state index in [0.29, 0.717) is 26.3 Å². The lowest BCUT2D eigenvalue weighted by Gasteiger charge is -2.38. The highest BCUT2D eigenvalue weighted by Crippen LogP contribution is 2.15. The molecule has 2 heterocycles. The summed E-state index contributed by atoms with van der Waals surface area (Å²) in [6.07, 6.45) is -0.293. The Balaban J connectivity index is 1.87. The maximum Gasteiger partial charge on any atom is 0.410 e. The number of rotatable bonds is 1. The van der Waals surface area contributed by atoms with E-state index in [1.807, 2.05) is 20.8 Å². The number of carbonyl (C=O) groups is 1. The molecule has 2 rings (SSSR count). The molecule has 0 radical (unpaired) electrons. The minimum absolute atomic E-state index is 0.0263. The molecule has 0 aromatic carbocycles. The average molecular weight is 272 g/mol. The molecule has 0 saturated carbocycles. The van der Waals surface area contributed by atoms with Crippen LogP contribution in [0, 0.1) is 0 Å². The van der Waals surface area contributed by atoms with Crippen molar-refractivity contribution in [1.82, 2.24) is 10.2 Å². The van der Waals surface area contributed by atoms with Gasteiger partial charge in [0.1, 0.15) is 5.60 Å². The molecule has 1 N–H and O–H groups in total. The number of hydrogen-bond acceptors (Lipinski definition) is 5. The number of nitrogens with zero attached hydrogens (tertiary/aromatic N) is 1. The highest BCUT2D eigenvalue weighted by molar-refractivity contribution is 5.68. The Kier molecular flexibility index (Phi) is 4.65. The predicted octanol–water partition coefficient (Wildman–Crippen LogP) is 0.611. The van der Waals surface area contributed by atoms with Crippen molar-refractivity contribution in [3.05, 3.63) is 0 Å². The first-order valence-electron chi connectivity index (χ1n) is 6.86. The van der Waals surface area contributed by atoms with Gasteiger partial charge in [-0.05, 0) is 20.8 Å². The molecule has 19 heavy (non-hydrogen) atoms. The molecule has 0 spiro atoms. The molecule has 0 aliphatic carbocycles. The number of ether oxygens (including phenoxy) is 3. The summed E-state index contributed by atoms with van der Waals surface area (Å²) < 4.78 is 16.6. The molecule has 2 aliphatic rings. The standard InChI is InChI=1S/C13H24N2O4/c1-13(2,3)19-12(16)15-5-7-18-11(8-15)10-9-17-6-4-14-10/h10-11,14H,4-9H2,1-3H3. The topological polar surface area (TPSA) is 60.0 Å². The SMILES string of the molecule is CC(C)(C)OC(=O)N1CCOC(C2COCCN2)C1. The third-order valence-corrected chi connectivity index (χ3v) is 3.14.